The van der Waals surface area contributed by atoms with Gasteiger partial charge in [-0.25, -0.2) is 4.98 Å². The standard InChI is InChI=1S/C24H23N7O4/c32-22-4-3-19(24(33)28-22)23-18-2-1-15(9-20(18)35-29-23)16-10-27-31(13-16)14-17-11-26-21(12-25-17)30-5-7-34-8-6-30/h1-2,9-13,19H,3-8,14H2,(H,28,32,33). The Balaban J connectivity index is 1.17. The van der Waals surface area contributed by atoms with Crippen molar-refractivity contribution in [3.05, 3.63) is 54.4 Å². The third kappa shape index (κ3) is 4.26. The second-order valence-electron chi connectivity index (χ2n) is 8.67. The third-order valence-electron chi connectivity index (χ3n) is 6.39. The number of anilines is 1. The van der Waals surface area contributed by atoms with E-state index in [-0.39, 0.29) is 11.8 Å². The van der Waals surface area contributed by atoms with E-state index in [0.717, 1.165) is 41.1 Å². The highest BCUT2D eigenvalue weighted by Gasteiger charge is 2.31. The molecule has 0 radical (unpaired) electrons. The van der Waals surface area contributed by atoms with Gasteiger partial charge in [0.1, 0.15) is 11.5 Å². The summed E-state index contributed by atoms with van der Waals surface area (Å²) in [5.74, 6) is -0.214. The predicted octanol–water partition coefficient (Wildman–Crippen LogP) is 1.89. The van der Waals surface area contributed by atoms with Crippen molar-refractivity contribution in [3.63, 3.8) is 0 Å². The molecule has 1 unspecified atom stereocenters. The van der Waals surface area contributed by atoms with Crippen LogP contribution in [0, 0.1) is 0 Å². The Hall–Kier alpha value is -4.12. The van der Waals surface area contributed by atoms with Gasteiger partial charge in [0, 0.05) is 36.7 Å². The van der Waals surface area contributed by atoms with Gasteiger partial charge in [0.05, 0.1) is 50.0 Å². The molecule has 2 fully saturated rings. The molecule has 2 saturated heterocycles. The summed E-state index contributed by atoms with van der Waals surface area (Å²) in [4.78, 5) is 35.0. The van der Waals surface area contributed by atoms with E-state index < -0.39 is 5.92 Å². The van der Waals surface area contributed by atoms with Crippen LogP contribution in [0.25, 0.3) is 22.1 Å². The van der Waals surface area contributed by atoms with Gasteiger partial charge in [-0.15, -0.1) is 0 Å². The van der Waals surface area contributed by atoms with E-state index in [9.17, 15) is 9.59 Å². The van der Waals surface area contributed by atoms with Gasteiger partial charge in [0.2, 0.25) is 11.8 Å². The van der Waals surface area contributed by atoms with E-state index in [0.29, 0.717) is 43.9 Å². The first-order valence-corrected chi connectivity index (χ1v) is 11.5. The molecule has 0 aliphatic carbocycles. The van der Waals surface area contributed by atoms with E-state index in [1.54, 1.807) is 18.6 Å². The molecule has 1 aromatic carbocycles. The normalized spacial score (nSPS) is 18.7. The fourth-order valence-electron chi connectivity index (χ4n) is 4.49. The molecule has 3 aromatic heterocycles. The molecule has 0 spiro atoms. The summed E-state index contributed by atoms with van der Waals surface area (Å²) < 4.78 is 12.7. The second-order valence-corrected chi connectivity index (χ2v) is 8.67. The van der Waals surface area contributed by atoms with Crippen molar-refractivity contribution in [2.45, 2.75) is 25.3 Å². The summed E-state index contributed by atoms with van der Waals surface area (Å²) in [5, 5.41) is 11.7. The number of imide groups is 1. The summed E-state index contributed by atoms with van der Waals surface area (Å²) in [6.07, 6.45) is 8.02. The molecule has 1 N–H and O–H groups in total. The van der Waals surface area contributed by atoms with Crippen LogP contribution < -0.4 is 10.2 Å². The monoisotopic (exact) mass is 473 g/mol. The molecule has 11 heteroatoms. The van der Waals surface area contributed by atoms with Gasteiger partial charge < -0.3 is 14.2 Å². The number of hydrogen-bond donors (Lipinski definition) is 1. The maximum atomic E-state index is 12.2. The van der Waals surface area contributed by atoms with Crippen LogP contribution in [0.1, 0.15) is 30.1 Å². The van der Waals surface area contributed by atoms with Gasteiger partial charge in [-0.1, -0.05) is 11.2 Å². The van der Waals surface area contributed by atoms with E-state index >= 15 is 0 Å². The first-order valence-electron chi connectivity index (χ1n) is 11.5. The smallest absolute Gasteiger partial charge is 0.235 e. The number of carbonyl (C=O) groups is 2. The van der Waals surface area contributed by atoms with Crippen molar-refractivity contribution in [2.75, 3.05) is 31.2 Å². The number of ether oxygens (including phenoxy) is 1. The second kappa shape index (κ2) is 8.91. The highest BCUT2D eigenvalue weighted by Crippen LogP contribution is 2.32. The van der Waals surface area contributed by atoms with Crippen LogP contribution in [-0.4, -0.2) is 63.0 Å². The Labute approximate surface area is 200 Å². The molecule has 0 saturated carbocycles. The number of morpholine rings is 1. The average molecular weight is 473 g/mol. The summed E-state index contributed by atoms with van der Waals surface area (Å²) in [5.41, 5.74) is 3.80. The number of piperidine rings is 1. The van der Waals surface area contributed by atoms with Crippen LogP contribution in [0.2, 0.25) is 0 Å². The highest BCUT2D eigenvalue weighted by atomic mass is 16.5. The van der Waals surface area contributed by atoms with Crippen LogP contribution in [0.5, 0.6) is 0 Å². The summed E-state index contributed by atoms with van der Waals surface area (Å²) >= 11 is 0. The molecule has 1 atom stereocenters. The van der Waals surface area contributed by atoms with Crippen molar-refractivity contribution < 1.29 is 18.8 Å². The quantitative estimate of drug-likeness (QED) is 0.432. The molecule has 35 heavy (non-hydrogen) atoms. The number of carbonyl (C=O) groups excluding carboxylic acids is 2. The number of nitrogens with zero attached hydrogens (tertiary/aromatic N) is 6. The Bertz CT molecular complexity index is 1390. The van der Waals surface area contributed by atoms with Gasteiger partial charge in [0.15, 0.2) is 5.58 Å². The summed E-state index contributed by atoms with van der Waals surface area (Å²) in [6, 6.07) is 5.73. The molecular formula is C24H23N7O4. The van der Waals surface area contributed by atoms with Gasteiger partial charge in [-0.05, 0) is 24.1 Å². The summed E-state index contributed by atoms with van der Waals surface area (Å²) in [7, 11) is 0. The zero-order valence-electron chi connectivity index (χ0n) is 18.9. The number of nitrogens with one attached hydrogen (secondary N) is 1. The number of fused-ring (bicyclic) bond motifs is 1. The first-order chi connectivity index (χ1) is 17.1. The first kappa shape index (κ1) is 21.4. The highest BCUT2D eigenvalue weighted by molar-refractivity contribution is 6.02. The van der Waals surface area contributed by atoms with Gasteiger partial charge >= 0.3 is 0 Å². The van der Waals surface area contributed by atoms with Crippen molar-refractivity contribution in [2.24, 2.45) is 0 Å². The van der Waals surface area contributed by atoms with Gasteiger partial charge in [0.25, 0.3) is 0 Å². The Kier molecular flexibility index (Phi) is 5.45. The van der Waals surface area contributed by atoms with Crippen molar-refractivity contribution in [1.82, 2.24) is 30.2 Å². The molecule has 6 rings (SSSR count). The Morgan fingerprint density at radius 1 is 1.06 bits per heavy atom. The fourth-order valence-corrected chi connectivity index (χ4v) is 4.49. The lowest BCUT2D eigenvalue weighted by Crippen LogP contribution is -2.39. The van der Waals surface area contributed by atoms with Crippen molar-refractivity contribution in [3.8, 4) is 11.1 Å². The van der Waals surface area contributed by atoms with E-state index in [2.05, 4.69) is 30.4 Å². The minimum Gasteiger partial charge on any atom is -0.378 e. The minimum absolute atomic E-state index is 0.252. The van der Waals surface area contributed by atoms with Gasteiger partial charge in [-0.2, -0.15) is 5.10 Å². The van der Waals surface area contributed by atoms with Crippen LogP contribution in [-0.2, 0) is 20.9 Å². The van der Waals surface area contributed by atoms with Crippen LogP contribution >= 0.6 is 0 Å². The van der Waals surface area contributed by atoms with Crippen LogP contribution in [0.4, 0.5) is 5.82 Å². The van der Waals surface area contributed by atoms with Gasteiger partial charge in [-0.3, -0.25) is 24.6 Å². The number of amides is 2. The zero-order chi connectivity index (χ0) is 23.8. The maximum Gasteiger partial charge on any atom is 0.235 e. The van der Waals surface area contributed by atoms with E-state index in [1.807, 2.05) is 29.1 Å². The SMILES string of the molecule is O=C1CCC(c2noc3cc(-c4cnn(Cc5cnc(N6CCOCC6)cn5)c4)ccc23)C(=O)N1. The van der Waals surface area contributed by atoms with Crippen LogP contribution in [0.15, 0.2) is 47.5 Å². The number of rotatable bonds is 5. The van der Waals surface area contributed by atoms with E-state index in [4.69, 9.17) is 9.26 Å². The lowest BCUT2D eigenvalue weighted by Gasteiger charge is -2.27. The molecule has 2 amide bonds. The Morgan fingerprint density at radius 2 is 1.94 bits per heavy atom. The number of benzene rings is 1. The molecule has 2 aliphatic rings. The predicted molar refractivity (Wildman–Crippen MR) is 125 cm³/mol. The minimum atomic E-state index is -0.488. The lowest BCUT2D eigenvalue weighted by atomic mass is 9.92. The topological polar surface area (TPSA) is 128 Å². The Morgan fingerprint density at radius 3 is 2.74 bits per heavy atom. The third-order valence-corrected chi connectivity index (χ3v) is 6.39. The fraction of sp³-hybridized carbons (Fsp3) is 0.333. The van der Waals surface area contributed by atoms with Crippen molar-refractivity contribution >= 4 is 28.6 Å². The van der Waals surface area contributed by atoms with Crippen molar-refractivity contribution in [1.29, 1.82) is 0 Å². The molecule has 5 heterocycles. The molecule has 11 nitrogen and oxygen atoms in total. The number of hydrogen-bond acceptors (Lipinski definition) is 9. The average Bonchev–Trinajstić information content (AvgIpc) is 3.52. The molecule has 2 aliphatic heterocycles. The molecule has 0 bridgehead atoms. The van der Waals surface area contributed by atoms with E-state index in [1.165, 1.54) is 0 Å². The molecule has 4 aromatic rings. The zero-order valence-corrected chi connectivity index (χ0v) is 18.9. The lowest BCUT2D eigenvalue weighted by molar-refractivity contribution is -0.134. The van der Waals surface area contributed by atoms with Crippen LogP contribution in [0.3, 0.4) is 0 Å². The number of aromatic nitrogens is 5. The molecular weight excluding hydrogens is 450 g/mol. The maximum absolute atomic E-state index is 12.2. The summed E-state index contributed by atoms with van der Waals surface area (Å²) in [6.45, 7) is 3.55. The molecule has 178 valence electrons. The largest absolute Gasteiger partial charge is 0.378 e.